The number of hydrogen-bond donors (Lipinski definition) is 0. The maximum Gasteiger partial charge on any atom is 0.417 e. The van der Waals surface area contributed by atoms with E-state index in [9.17, 15) is 13.2 Å². The third kappa shape index (κ3) is 4.52. The Morgan fingerprint density at radius 3 is 2.00 bits per heavy atom. The molecule has 0 heterocycles. The molecule has 0 saturated carbocycles. The number of alkyl halides is 3. The number of ether oxygens (including phenoxy) is 1. The predicted molar refractivity (Wildman–Crippen MR) is 78.8 cm³/mol. The fourth-order valence-corrected chi connectivity index (χ4v) is 1.66. The van der Waals surface area contributed by atoms with Gasteiger partial charge in [0.15, 0.2) is 0 Å². The van der Waals surface area contributed by atoms with Crippen LogP contribution >= 0.6 is 0 Å². The summed E-state index contributed by atoms with van der Waals surface area (Å²) in [4.78, 5) is 0. The molecule has 0 N–H and O–H groups in total. The Kier molecular flexibility index (Phi) is 6.00. The van der Waals surface area contributed by atoms with Crippen LogP contribution < -0.4 is 4.74 Å². The Bertz CT molecular complexity index is 655. The zero-order chi connectivity index (χ0) is 16.8. The first-order valence-corrected chi connectivity index (χ1v) is 6.76. The average Bonchev–Trinajstić information content (AvgIpc) is 2.51. The molecule has 2 rings (SSSR count). The molecular formula is C17H16F3NO. The lowest BCUT2D eigenvalue weighted by Gasteiger charge is -2.11. The molecule has 0 aromatic heterocycles. The van der Waals surface area contributed by atoms with Crippen LogP contribution in [0, 0.1) is 18.3 Å². The first-order valence-electron chi connectivity index (χ1n) is 6.76. The van der Waals surface area contributed by atoms with Gasteiger partial charge in [-0.2, -0.15) is 18.4 Å². The normalized spacial score (nSPS) is 10.2. The number of nitriles is 1. The van der Waals surface area contributed by atoms with Gasteiger partial charge in [0.2, 0.25) is 0 Å². The molecule has 0 atom stereocenters. The van der Waals surface area contributed by atoms with Crippen LogP contribution in [0.4, 0.5) is 13.2 Å². The molecule has 0 saturated heterocycles. The van der Waals surface area contributed by atoms with Crippen molar-refractivity contribution in [1.29, 1.82) is 5.26 Å². The summed E-state index contributed by atoms with van der Waals surface area (Å²) in [6, 6.07) is 11.7. The summed E-state index contributed by atoms with van der Waals surface area (Å²) in [5.74, 6) is 0.480. The molecule has 22 heavy (non-hydrogen) atoms. The molecule has 116 valence electrons. The van der Waals surface area contributed by atoms with E-state index in [0.717, 1.165) is 17.7 Å². The monoisotopic (exact) mass is 307 g/mol. The second-order valence-electron chi connectivity index (χ2n) is 4.23. The molecule has 0 bridgehead atoms. The molecule has 0 aliphatic carbocycles. The summed E-state index contributed by atoms with van der Waals surface area (Å²) < 4.78 is 43.8. The number of benzene rings is 2. The van der Waals surface area contributed by atoms with Crippen LogP contribution in [0.15, 0.2) is 42.5 Å². The van der Waals surface area contributed by atoms with Crippen LogP contribution in [0.5, 0.6) is 11.5 Å². The lowest BCUT2D eigenvalue weighted by Crippen LogP contribution is -2.07. The fourth-order valence-electron chi connectivity index (χ4n) is 1.66. The molecule has 2 aromatic carbocycles. The SMILES string of the molecule is CC.Cc1ccc(Oc2ccc(C#N)c(C(F)(F)F)c2)cc1. The van der Waals surface area contributed by atoms with Gasteiger partial charge in [0.25, 0.3) is 0 Å². The largest absolute Gasteiger partial charge is 0.457 e. The second kappa shape index (κ2) is 7.51. The maximum absolute atomic E-state index is 12.8. The van der Waals surface area contributed by atoms with Crippen LogP contribution in [0.2, 0.25) is 0 Å². The van der Waals surface area contributed by atoms with Gasteiger partial charge in [-0.1, -0.05) is 31.5 Å². The Morgan fingerprint density at radius 1 is 0.955 bits per heavy atom. The van der Waals surface area contributed by atoms with Crippen molar-refractivity contribution in [2.24, 2.45) is 0 Å². The average molecular weight is 307 g/mol. The quantitative estimate of drug-likeness (QED) is 0.712. The zero-order valence-electron chi connectivity index (χ0n) is 12.5. The highest BCUT2D eigenvalue weighted by molar-refractivity contribution is 5.45. The third-order valence-electron chi connectivity index (χ3n) is 2.67. The Morgan fingerprint density at radius 2 is 1.50 bits per heavy atom. The van der Waals surface area contributed by atoms with E-state index in [0.29, 0.717) is 5.75 Å². The second-order valence-corrected chi connectivity index (χ2v) is 4.23. The summed E-state index contributed by atoms with van der Waals surface area (Å²) in [6.45, 7) is 5.90. The number of aryl methyl sites for hydroxylation is 1. The van der Waals surface area contributed by atoms with Crippen molar-refractivity contribution in [2.45, 2.75) is 26.9 Å². The van der Waals surface area contributed by atoms with Crippen LogP contribution in [0.25, 0.3) is 0 Å². The van der Waals surface area contributed by atoms with Crippen molar-refractivity contribution in [3.63, 3.8) is 0 Å². The molecule has 0 fully saturated rings. The predicted octanol–water partition coefficient (Wildman–Crippen LogP) is 5.70. The molecule has 2 aromatic rings. The highest BCUT2D eigenvalue weighted by Crippen LogP contribution is 2.35. The van der Waals surface area contributed by atoms with E-state index in [1.807, 2.05) is 20.8 Å². The maximum atomic E-state index is 12.8. The van der Waals surface area contributed by atoms with E-state index in [-0.39, 0.29) is 5.75 Å². The summed E-state index contributed by atoms with van der Waals surface area (Å²) in [7, 11) is 0. The minimum Gasteiger partial charge on any atom is -0.457 e. The smallest absolute Gasteiger partial charge is 0.417 e. The van der Waals surface area contributed by atoms with Crippen molar-refractivity contribution in [2.75, 3.05) is 0 Å². The van der Waals surface area contributed by atoms with E-state index >= 15 is 0 Å². The van der Waals surface area contributed by atoms with Gasteiger partial charge in [0.05, 0.1) is 17.2 Å². The first-order chi connectivity index (χ1) is 10.4. The standard InChI is InChI=1S/C15H10F3NO.C2H6/c1-10-2-5-12(6-3-10)20-13-7-4-11(9-19)14(8-13)15(16,17)18;1-2/h2-8H,1H3;1-2H3. The van der Waals surface area contributed by atoms with Crippen LogP contribution in [-0.4, -0.2) is 0 Å². The minimum atomic E-state index is -4.59. The van der Waals surface area contributed by atoms with Crippen LogP contribution in [0.3, 0.4) is 0 Å². The number of halogens is 3. The van der Waals surface area contributed by atoms with Crippen LogP contribution in [-0.2, 0) is 6.18 Å². The lowest BCUT2D eigenvalue weighted by atomic mass is 10.1. The Hall–Kier alpha value is -2.48. The van der Waals surface area contributed by atoms with Gasteiger partial charge in [-0.05, 0) is 37.3 Å². The van der Waals surface area contributed by atoms with Gasteiger partial charge in [0, 0.05) is 0 Å². The van der Waals surface area contributed by atoms with Gasteiger partial charge in [-0.3, -0.25) is 0 Å². The molecular weight excluding hydrogens is 291 g/mol. The van der Waals surface area contributed by atoms with Gasteiger partial charge >= 0.3 is 6.18 Å². The van der Waals surface area contributed by atoms with Crippen molar-refractivity contribution < 1.29 is 17.9 Å². The molecule has 0 unspecified atom stereocenters. The Labute approximate surface area is 127 Å². The number of nitrogens with zero attached hydrogens (tertiary/aromatic N) is 1. The summed E-state index contributed by atoms with van der Waals surface area (Å²) in [6.07, 6.45) is -4.59. The lowest BCUT2D eigenvalue weighted by molar-refractivity contribution is -0.137. The number of rotatable bonds is 2. The van der Waals surface area contributed by atoms with Crippen molar-refractivity contribution >= 4 is 0 Å². The molecule has 2 nitrogen and oxygen atoms in total. The van der Waals surface area contributed by atoms with Gasteiger partial charge in [-0.15, -0.1) is 0 Å². The first kappa shape index (κ1) is 17.6. The molecule has 5 heteroatoms. The van der Waals surface area contributed by atoms with Crippen molar-refractivity contribution in [3.05, 3.63) is 59.2 Å². The van der Waals surface area contributed by atoms with E-state index in [4.69, 9.17) is 10.00 Å². The third-order valence-corrected chi connectivity index (χ3v) is 2.67. The van der Waals surface area contributed by atoms with Gasteiger partial charge < -0.3 is 4.74 Å². The fraction of sp³-hybridized carbons (Fsp3) is 0.235. The minimum absolute atomic E-state index is 0.0418. The van der Waals surface area contributed by atoms with E-state index in [1.165, 1.54) is 12.1 Å². The molecule has 0 aliphatic rings. The summed E-state index contributed by atoms with van der Waals surface area (Å²) >= 11 is 0. The molecule has 0 aliphatic heterocycles. The Balaban J connectivity index is 0.00000116. The van der Waals surface area contributed by atoms with E-state index in [2.05, 4.69) is 0 Å². The van der Waals surface area contributed by atoms with Crippen molar-refractivity contribution in [1.82, 2.24) is 0 Å². The zero-order valence-corrected chi connectivity index (χ0v) is 12.5. The number of hydrogen-bond acceptors (Lipinski definition) is 2. The van der Waals surface area contributed by atoms with E-state index < -0.39 is 17.3 Å². The molecule has 0 spiro atoms. The molecule has 0 amide bonds. The highest BCUT2D eigenvalue weighted by atomic mass is 19.4. The summed E-state index contributed by atoms with van der Waals surface area (Å²) in [5.41, 5.74) is -0.397. The topological polar surface area (TPSA) is 33.0 Å². The van der Waals surface area contributed by atoms with Crippen LogP contribution in [0.1, 0.15) is 30.5 Å². The van der Waals surface area contributed by atoms with Crippen molar-refractivity contribution in [3.8, 4) is 17.6 Å². The highest BCUT2D eigenvalue weighted by Gasteiger charge is 2.34. The van der Waals surface area contributed by atoms with Gasteiger partial charge in [-0.25, -0.2) is 0 Å². The van der Waals surface area contributed by atoms with Gasteiger partial charge in [0.1, 0.15) is 11.5 Å². The molecule has 0 radical (unpaired) electrons. The summed E-state index contributed by atoms with van der Waals surface area (Å²) in [5, 5.41) is 8.70. The van der Waals surface area contributed by atoms with E-state index in [1.54, 1.807) is 24.3 Å².